The average Bonchev–Trinajstić information content (AvgIpc) is 3.35. The van der Waals surface area contributed by atoms with Gasteiger partial charge in [-0.05, 0) is 30.3 Å². The Kier molecular flexibility index (Phi) is 5.94. The first-order chi connectivity index (χ1) is 15.1. The number of imide groups is 1. The lowest BCUT2D eigenvalue weighted by Crippen LogP contribution is -2.31. The second kappa shape index (κ2) is 8.97. The van der Waals surface area contributed by atoms with Crippen molar-refractivity contribution in [1.82, 2.24) is 9.88 Å². The number of nitrogens with zero attached hydrogens (tertiary/aromatic N) is 3. The minimum absolute atomic E-state index is 0.258. The fourth-order valence-electron chi connectivity index (χ4n) is 3.24. The molecule has 1 aromatic heterocycles. The molecule has 0 fully saturated rings. The number of anilines is 1. The maximum atomic E-state index is 12.4. The van der Waals surface area contributed by atoms with Crippen LogP contribution in [0.3, 0.4) is 0 Å². The fraction of sp³-hybridized carbons (Fsp3) is 0.182. The molecule has 31 heavy (non-hydrogen) atoms. The monoisotopic (exact) mass is 436 g/mol. The van der Waals surface area contributed by atoms with Gasteiger partial charge in [0.15, 0.2) is 0 Å². The molecule has 158 valence electrons. The number of aromatic nitrogens is 1. The molecule has 0 bridgehead atoms. The number of nitrogens with one attached hydrogen (secondary N) is 1. The summed E-state index contributed by atoms with van der Waals surface area (Å²) in [5, 5.41) is 6.70. The lowest BCUT2D eigenvalue weighted by atomic mass is 10.1. The fourth-order valence-corrected chi connectivity index (χ4v) is 3.93. The first kappa shape index (κ1) is 20.5. The molecule has 4 rings (SSSR count). The molecule has 1 aliphatic heterocycles. The number of hydrazone groups is 1. The Bertz CT molecular complexity index is 1120. The summed E-state index contributed by atoms with van der Waals surface area (Å²) in [4.78, 5) is 30.6. The van der Waals surface area contributed by atoms with Gasteiger partial charge in [0.2, 0.25) is 5.13 Å². The Morgan fingerprint density at radius 1 is 1.10 bits per heavy atom. The predicted molar refractivity (Wildman–Crippen MR) is 118 cm³/mol. The molecule has 0 radical (unpaired) electrons. The average molecular weight is 436 g/mol. The number of thiazole rings is 1. The number of fused-ring (bicyclic) bond motifs is 1. The third-order valence-electron chi connectivity index (χ3n) is 4.82. The predicted octanol–water partition coefficient (Wildman–Crippen LogP) is 3.45. The van der Waals surface area contributed by atoms with Gasteiger partial charge in [0.1, 0.15) is 11.5 Å². The number of benzene rings is 2. The molecule has 0 saturated heterocycles. The van der Waals surface area contributed by atoms with Crippen LogP contribution in [0, 0.1) is 0 Å². The van der Waals surface area contributed by atoms with E-state index in [-0.39, 0.29) is 18.4 Å². The highest BCUT2D eigenvalue weighted by molar-refractivity contribution is 7.13. The number of ether oxygens (including phenoxy) is 2. The highest BCUT2D eigenvalue weighted by Gasteiger charge is 2.34. The van der Waals surface area contributed by atoms with E-state index in [2.05, 4.69) is 15.5 Å². The van der Waals surface area contributed by atoms with Gasteiger partial charge >= 0.3 is 0 Å². The Balaban J connectivity index is 1.36. The van der Waals surface area contributed by atoms with Crippen molar-refractivity contribution in [3.63, 3.8) is 0 Å². The number of hydrogen-bond donors (Lipinski definition) is 1. The first-order valence-corrected chi connectivity index (χ1v) is 10.4. The molecule has 0 spiro atoms. The van der Waals surface area contributed by atoms with Gasteiger partial charge in [0, 0.05) is 23.9 Å². The van der Waals surface area contributed by atoms with E-state index in [9.17, 15) is 9.59 Å². The zero-order chi connectivity index (χ0) is 21.8. The van der Waals surface area contributed by atoms with Gasteiger partial charge in [-0.2, -0.15) is 5.10 Å². The summed E-state index contributed by atoms with van der Waals surface area (Å²) < 4.78 is 10.6. The lowest BCUT2D eigenvalue weighted by Gasteiger charge is -2.12. The third kappa shape index (κ3) is 4.26. The van der Waals surface area contributed by atoms with E-state index >= 15 is 0 Å². The van der Waals surface area contributed by atoms with E-state index in [0.717, 1.165) is 11.3 Å². The van der Waals surface area contributed by atoms with E-state index in [0.29, 0.717) is 34.2 Å². The molecule has 2 heterocycles. The molecule has 0 saturated carbocycles. The number of carbonyl (C=O) groups is 2. The quantitative estimate of drug-likeness (QED) is 0.330. The Morgan fingerprint density at radius 2 is 1.84 bits per heavy atom. The Hall–Kier alpha value is -3.72. The maximum Gasteiger partial charge on any atom is 0.261 e. The summed E-state index contributed by atoms with van der Waals surface area (Å²) >= 11 is 1.39. The van der Waals surface area contributed by atoms with Crippen LogP contribution in [0.2, 0.25) is 0 Å². The molecule has 8 nitrogen and oxygen atoms in total. The summed E-state index contributed by atoms with van der Waals surface area (Å²) in [6.45, 7) is 0.278. The van der Waals surface area contributed by atoms with Crippen LogP contribution in [-0.4, -0.2) is 48.7 Å². The minimum atomic E-state index is -0.258. The summed E-state index contributed by atoms with van der Waals surface area (Å²) in [7, 11) is 3.19. The summed E-state index contributed by atoms with van der Waals surface area (Å²) in [6.07, 6.45) is 2.10. The van der Waals surface area contributed by atoms with E-state index in [1.807, 2.05) is 17.5 Å². The summed E-state index contributed by atoms with van der Waals surface area (Å²) in [5.74, 6) is 0.857. The van der Waals surface area contributed by atoms with Crippen molar-refractivity contribution < 1.29 is 19.1 Å². The van der Waals surface area contributed by atoms with Crippen LogP contribution in [0.1, 0.15) is 32.0 Å². The molecule has 2 amide bonds. The molecular weight excluding hydrogens is 416 g/mol. The van der Waals surface area contributed by atoms with Gasteiger partial charge in [-0.25, -0.2) is 4.98 Å². The smallest absolute Gasteiger partial charge is 0.261 e. The molecular formula is C22H20N4O4S. The molecule has 1 N–H and O–H groups in total. The standard InChI is InChI=1S/C22H20N4O4S/c1-29-16-7-8-19(30-2)14(11-16)12-23-25-22-24-15(13-31-22)9-10-26-20(27)17-5-3-4-6-18(17)21(26)28/h3-8,11-13H,9-10H2,1-2H3,(H,24,25)/b23-12+. The zero-order valence-electron chi connectivity index (χ0n) is 17.0. The van der Waals surface area contributed by atoms with E-state index < -0.39 is 0 Å². The molecule has 0 aliphatic carbocycles. The SMILES string of the molecule is COc1ccc(OC)c(/C=N/Nc2nc(CCN3C(=O)c4ccccc4C3=O)cs2)c1. The second-order valence-electron chi connectivity index (χ2n) is 6.68. The van der Waals surface area contributed by atoms with Crippen molar-refractivity contribution in [2.24, 2.45) is 5.10 Å². The number of rotatable bonds is 8. The van der Waals surface area contributed by atoms with Gasteiger partial charge in [-0.1, -0.05) is 12.1 Å². The van der Waals surface area contributed by atoms with Crippen LogP contribution in [0.5, 0.6) is 11.5 Å². The van der Waals surface area contributed by atoms with Gasteiger partial charge in [0.05, 0.1) is 37.3 Å². The van der Waals surface area contributed by atoms with Crippen molar-refractivity contribution >= 4 is 34.5 Å². The Morgan fingerprint density at radius 3 is 2.52 bits per heavy atom. The number of methoxy groups -OCH3 is 2. The van der Waals surface area contributed by atoms with Crippen molar-refractivity contribution in [1.29, 1.82) is 0 Å². The van der Waals surface area contributed by atoms with Crippen LogP contribution in [0.15, 0.2) is 52.9 Å². The van der Waals surface area contributed by atoms with Gasteiger partial charge in [0.25, 0.3) is 11.8 Å². The molecule has 0 atom stereocenters. The number of hydrogen-bond acceptors (Lipinski definition) is 8. The highest BCUT2D eigenvalue weighted by Crippen LogP contribution is 2.24. The van der Waals surface area contributed by atoms with Crippen molar-refractivity contribution in [3.05, 3.63) is 70.2 Å². The van der Waals surface area contributed by atoms with E-state index in [1.54, 1.807) is 50.8 Å². The number of carbonyl (C=O) groups excluding carboxylic acids is 2. The molecule has 3 aromatic rings. The zero-order valence-corrected chi connectivity index (χ0v) is 17.8. The second-order valence-corrected chi connectivity index (χ2v) is 7.54. The van der Waals surface area contributed by atoms with E-state index in [1.165, 1.54) is 16.2 Å². The molecule has 2 aromatic carbocycles. The van der Waals surface area contributed by atoms with Crippen molar-refractivity contribution in [3.8, 4) is 11.5 Å². The van der Waals surface area contributed by atoms with Crippen LogP contribution < -0.4 is 14.9 Å². The maximum absolute atomic E-state index is 12.4. The largest absolute Gasteiger partial charge is 0.497 e. The van der Waals surface area contributed by atoms with Crippen molar-refractivity contribution in [2.75, 3.05) is 26.2 Å². The highest BCUT2D eigenvalue weighted by atomic mass is 32.1. The summed E-state index contributed by atoms with van der Waals surface area (Å²) in [5.41, 5.74) is 5.34. The summed E-state index contributed by atoms with van der Waals surface area (Å²) in [6, 6.07) is 12.3. The van der Waals surface area contributed by atoms with Crippen LogP contribution >= 0.6 is 11.3 Å². The van der Waals surface area contributed by atoms with Gasteiger partial charge < -0.3 is 9.47 Å². The normalized spacial score (nSPS) is 13.0. The molecule has 0 unspecified atom stereocenters. The van der Waals surface area contributed by atoms with Crippen LogP contribution in [0.25, 0.3) is 0 Å². The Labute approximate surface area is 183 Å². The molecule has 9 heteroatoms. The van der Waals surface area contributed by atoms with Gasteiger partial charge in [-0.15, -0.1) is 11.3 Å². The topological polar surface area (TPSA) is 93.1 Å². The minimum Gasteiger partial charge on any atom is -0.497 e. The van der Waals surface area contributed by atoms with Gasteiger partial charge in [-0.3, -0.25) is 19.9 Å². The molecule has 1 aliphatic rings. The van der Waals surface area contributed by atoms with Crippen molar-refractivity contribution in [2.45, 2.75) is 6.42 Å². The lowest BCUT2D eigenvalue weighted by molar-refractivity contribution is 0.0656. The first-order valence-electron chi connectivity index (χ1n) is 9.51. The van der Waals surface area contributed by atoms with Crippen LogP contribution in [-0.2, 0) is 6.42 Å². The van der Waals surface area contributed by atoms with E-state index in [4.69, 9.17) is 9.47 Å². The number of amides is 2. The van der Waals surface area contributed by atoms with Crippen LogP contribution in [0.4, 0.5) is 5.13 Å². The third-order valence-corrected chi connectivity index (χ3v) is 5.62.